The van der Waals surface area contributed by atoms with Gasteiger partial charge in [-0.2, -0.15) is 0 Å². The number of benzene rings is 2. The first-order valence-electron chi connectivity index (χ1n) is 11.0. The van der Waals surface area contributed by atoms with E-state index in [4.69, 9.17) is 4.74 Å². The maximum Gasteiger partial charge on any atom is 0.251 e. The second-order valence-electron chi connectivity index (χ2n) is 8.62. The van der Waals surface area contributed by atoms with Crippen molar-refractivity contribution in [3.05, 3.63) is 65.2 Å². The van der Waals surface area contributed by atoms with Gasteiger partial charge in [0.2, 0.25) is 0 Å². The summed E-state index contributed by atoms with van der Waals surface area (Å²) in [6.45, 7) is 3.38. The highest BCUT2D eigenvalue weighted by Gasteiger charge is 2.38. The predicted molar refractivity (Wildman–Crippen MR) is 123 cm³/mol. The van der Waals surface area contributed by atoms with E-state index in [0.717, 1.165) is 50.0 Å². The lowest BCUT2D eigenvalue weighted by molar-refractivity contribution is 0.0813. The Morgan fingerprint density at radius 2 is 1.90 bits per heavy atom. The van der Waals surface area contributed by atoms with Crippen molar-refractivity contribution in [2.24, 2.45) is 0 Å². The van der Waals surface area contributed by atoms with Gasteiger partial charge in [0.25, 0.3) is 5.91 Å². The van der Waals surface area contributed by atoms with Crippen molar-refractivity contribution in [1.82, 2.24) is 15.5 Å². The fraction of sp³-hybridized carbons (Fsp3) is 0.400. The van der Waals surface area contributed by atoms with Gasteiger partial charge in [-0.15, -0.1) is 0 Å². The van der Waals surface area contributed by atoms with Crippen molar-refractivity contribution in [1.29, 1.82) is 0 Å². The number of carbonyl (C=O) groups excluding carboxylic acids is 1. The summed E-state index contributed by atoms with van der Waals surface area (Å²) in [6.07, 6.45) is 4.82. The summed E-state index contributed by atoms with van der Waals surface area (Å²) >= 11 is 0. The highest BCUT2D eigenvalue weighted by Crippen LogP contribution is 2.46. The molecular weight excluding hydrogens is 390 g/mol. The minimum Gasteiger partial charge on any atom is -0.507 e. The summed E-state index contributed by atoms with van der Waals surface area (Å²) < 4.78 is 6.38. The van der Waals surface area contributed by atoms with E-state index in [1.54, 1.807) is 6.07 Å². The van der Waals surface area contributed by atoms with Crippen LogP contribution in [-0.2, 0) is 0 Å². The molecule has 0 aromatic heterocycles. The molecule has 2 aromatic rings. The van der Waals surface area contributed by atoms with E-state index >= 15 is 0 Å². The predicted octanol–water partition coefficient (Wildman–Crippen LogP) is 3.02. The Morgan fingerprint density at radius 1 is 1.16 bits per heavy atom. The standard InChI is InChI=1S/C25H31N3O3/c1-28(2)16-4-13-27-24(30)19-9-7-18(8-10-19)20-17-25(11-14-26-15-12-25)31-22-6-3-5-21(29)23(20)22/h3,5-10,17,26,29H,4,11-16H2,1-2H3,(H,27,30). The molecule has 31 heavy (non-hydrogen) atoms. The maximum absolute atomic E-state index is 12.5. The Kier molecular flexibility index (Phi) is 6.30. The first-order chi connectivity index (χ1) is 15.0. The van der Waals surface area contributed by atoms with Crippen LogP contribution in [0.3, 0.4) is 0 Å². The lowest BCUT2D eigenvalue weighted by atomic mass is 9.83. The summed E-state index contributed by atoms with van der Waals surface area (Å²) in [5.74, 6) is 0.849. The molecular formula is C25H31N3O3. The van der Waals surface area contributed by atoms with Crippen molar-refractivity contribution < 1.29 is 14.6 Å². The normalized spacial score (nSPS) is 17.1. The minimum absolute atomic E-state index is 0.0654. The zero-order valence-corrected chi connectivity index (χ0v) is 18.3. The zero-order valence-electron chi connectivity index (χ0n) is 18.3. The average molecular weight is 422 g/mol. The Morgan fingerprint density at radius 3 is 2.61 bits per heavy atom. The molecule has 0 radical (unpaired) electrons. The van der Waals surface area contributed by atoms with Crippen molar-refractivity contribution in [2.45, 2.75) is 24.9 Å². The Bertz CT molecular complexity index is 960. The molecule has 4 rings (SSSR count). The van der Waals surface area contributed by atoms with Crippen LogP contribution in [0.1, 0.15) is 40.7 Å². The average Bonchev–Trinajstić information content (AvgIpc) is 2.76. The fourth-order valence-corrected chi connectivity index (χ4v) is 4.28. The lowest BCUT2D eigenvalue weighted by Gasteiger charge is -2.40. The van der Waals surface area contributed by atoms with Gasteiger partial charge in [-0.3, -0.25) is 4.79 Å². The van der Waals surface area contributed by atoms with E-state index in [2.05, 4.69) is 21.6 Å². The number of phenols is 1. The Balaban J connectivity index is 1.58. The van der Waals surface area contributed by atoms with Crippen LogP contribution in [0.15, 0.2) is 48.5 Å². The minimum atomic E-state index is -0.371. The van der Waals surface area contributed by atoms with Gasteiger partial charge in [0.15, 0.2) is 0 Å². The SMILES string of the molecule is CN(C)CCCNC(=O)c1ccc(C2=CC3(CCNCC3)Oc3cccc(O)c32)cc1. The molecule has 1 saturated heterocycles. The van der Waals surface area contributed by atoms with Gasteiger partial charge >= 0.3 is 0 Å². The van der Waals surface area contributed by atoms with Crippen molar-refractivity contribution in [3.63, 3.8) is 0 Å². The van der Waals surface area contributed by atoms with Crippen LogP contribution < -0.4 is 15.4 Å². The molecule has 6 heteroatoms. The zero-order chi connectivity index (χ0) is 21.8. The van der Waals surface area contributed by atoms with Gasteiger partial charge < -0.3 is 25.4 Å². The molecule has 1 amide bonds. The van der Waals surface area contributed by atoms with Gasteiger partial charge in [-0.05, 0) is 81.6 Å². The van der Waals surface area contributed by atoms with Crippen LogP contribution in [0.2, 0.25) is 0 Å². The molecule has 1 spiro atoms. The quantitative estimate of drug-likeness (QED) is 0.626. The number of nitrogens with one attached hydrogen (secondary N) is 2. The van der Waals surface area contributed by atoms with Gasteiger partial charge in [-0.1, -0.05) is 18.2 Å². The molecule has 3 N–H and O–H groups in total. The highest BCUT2D eigenvalue weighted by atomic mass is 16.5. The third-order valence-electron chi connectivity index (χ3n) is 5.97. The van der Waals surface area contributed by atoms with Crippen LogP contribution in [0.4, 0.5) is 0 Å². The third-order valence-corrected chi connectivity index (χ3v) is 5.97. The van der Waals surface area contributed by atoms with E-state index < -0.39 is 0 Å². The number of amides is 1. The molecule has 164 valence electrons. The van der Waals surface area contributed by atoms with Crippen LogP contribution in [0.25, 0.3) is 5.57 Å². The van der Waals surface area contributed by atoms with Crippen LogP contribution in [-0.4, -0.2) is 61.8 Å². The van der Waals surface area contributed by atoms with E-state index in [9.17, 15) is 9.90 Å². The number of rotatable bonds is 6. The summed E-state index contributed by atoms with van der Waals surface area (Å²) in [6, 6.07) is 13.0. The van der Waals surface area contributed by atoms with E-state index in [0.29, 0.717) is 23.4 Å². The molecule has 2 aromatic carbocycles. The summed E-state index contributed by atoms with van der Waals surface area (Å²) in [4.78, 5) is 14.6. The van der Waals surface area contributed by atoms with Crippen LogP contribution >= 0.6 is 0 Å². The number of hydrogen-bond acceptors (Lipinski definition) is 5. The number of nitrogens with zero attached hydrogens (tertiary/aromatic N) is 1. The molecule has 0 unspecified atom stereocenters. The maximum atomic E-state index is 12.5. The molecule has 0 atom stereocenters. The van der Waals surface area contributed by atoms with Crippen molar-refractivity contribution in [3.8, 4) is 11.5 Å². The van der Waals surface area contributed by atoms with Crippen LogP contribution in [0, 0.1) is 0 Å². The van der Waals surface area contributed by atoms with Crippen molar-refractivity contribution in [2.75, 3.05) is 40.3 Å². The largest absolute Gasteiger partial charge is 0.507 e. The first-order valence-corrected chi connectivity index (χ1v) is 11.0. The third kappa shape index (κ3) is 4.75. The molecule has 2 heterocycles. The van der Waals surface area contributed by atoms with Gasteiger partial charge in [-0.25, -0.2) is 0 Å². The van der Waals surface area contributed by atoms with E-state index in [1.807, 2.05) is 50.5 Å². The van der Waals surface area contributed by atoms with Gasteiger partial charge in [0.05, 0.1) is 5.56 Å². The molecule has 2 aliphatic rings. The van der Waals surface area contributed by atoms with Crippen molar-refractivity contribution >= 4 is 11.5 Å². The second-order valence-corrected chi connectivity index (χ2v) is 8.62. The number of hydrogen-bond donors (Lipinski definition) is 3. The fourth-order valence-electron chi connectivity index (χ4n) is 4.28. The monoisotopic (exact) mass is 421 g/mol. The number of piperidine rings is 1. The smallest absolute Gasteiger partial charge is 0.251 e. The molecule has 2 aliphatic heterocycles. The molecule has 0 bridgehead atoms. The highest BCUT2D eigenvalue weighted by molar-refractivity contribution is 5.95. The summed E-state index contributed by atoms with van der Waals surface area (Å²) in [7, 11) is 4.05. The Hall–Kier alpha value is -2.83. The summed E-state index contributed by atoms with van der Waals surface area (Å²) in [5.41, 5.74) is 2.90. The number of aromatic hydroxyl groups is 1. The first kappa shape index (κ1) is 21.4. The summed E-state index contributed by atoms with van der Waals surface area (Å²) in [5, 5.41) is 16.9. The molecule has 6 nitrogen and oxygen atoms in total. The van der Waals surface area contributed by atoms with Gasteiger partial charge in [0, 0.05) is 24.9 Å². The van der Waals surface area contributed by atoms with E-state index in [1.165, 1.54) is 0 Å². The van der Waals surface area contributed by atoms with Gasteiger partial charge in [0.1, 0.15) is 17.1 Å². The lowest BCUT2D eigenvalue weighted by Crippen LogP contribution is -2.46. The number of carbonyl (C=O) groups is 1. The van der Waals surface area contributed by atoms with Crippen LogP contribution in [0.5, 0.6) is 11.5 Å². The number of fused-ring (bicyclic) bond motifs is 1. The second kappa shape index (κ2) is 9.12. The number of ether oxygens (including phenoxy) is 1. The van der Waals surface area contributed by atoms with E-state index in [-0.39, 0.29) is 17.3 Å². The Labute approximate surface area is 183 Å². The molecule has 0 saturated carbocycles. The topological polar surface area (TPSA) is 73.8 Å². The molecule has 0 aliphatic carbocycles. The molecule has 1 fully saturated rings. The number of phenolic OH excluding ortho intramolecular Hbond substituents is 1.